The van der Waals surface area contributed by atoms with Crippen molar-refractivity contribution in [3.05, 3.63) is 60.7 Å². The van der Waals surface area contributed by atoms with Gasteiger partial charge < -0.3 is 9.47 Å². The number of rotatable bonds is 8. The van der Waals surface area contributed by atoms with Crippen LogP contribution in [-0.4, -0.2) is 24.1 Å². The lowest BCUT2D eigenvalue weighted by Gasteiger charge is -2.30. The summed E-state index contributed by atoms with van der Waals surface area (Å²) < 4.78 is 10.9. The zero-order valence-corrected chi connectivity index (χ0v) is 14.8. The second kappa shape index (κ2) is 8.47. The monoisotopic (exact) mass is 340 g/mol. The molecular weight excluding hydrogens is 316 g/mol. The van der Waals surface area contributed by atoms with Crippen LogP contribution >= 0.6 is 0 Å². The molecule has 0 aliphatic rings. The van der Waals surface area contributed by atoms with Crippen LogP contribution in [0.4, 0.5) is 0 Å². The molecule has 0 N–H and O–H groups in total. The molecule has 2 rings (SSSR count). The SMILES string of the molecule is C=CC(=O)OC(CC)(CC)CCOC(=O)c1cccc2ccccc12. The quantitative estimate of drug-likeness (QED) is 0.517. The maximum atomic E-state index is 12.5. The van der Waals surface area contributed by atoms with Gasteiger partial charge in [-0.25, -0.2) is 9.59 Å². The van der Waals surface area contributed by atoms with Gasteiger partial charge in [-0.1, -0.05) is 56.8 Å². The smallest absolute Gasteiger partial charge is 0.338 e. The third-order valence-corrected chi connectivity index (χ3v) is 4.57. The number of benzene rings is 2. The number of carbonyl (C=O) groups is 2. The van der Waals surface area contributed by atoms with Gasteiger partial charge in [0.15, 0.2) is 0 Å². The summed E-state index contributed by atoms with van der Waals surface area (Å²) in [5.41, 5.74) is -0.0931. The fourth-order valence-electron chi connectivity index (χ4n) is 2.86. The molecule has 0 aliphatic carbocycles. The molecule has 4 nitrogen and oxygen atoms in total. The van der Waals surface area contributed by atoms with E-state index in [-0.39, 0.29) is 12.6 Å². The molecule has 0 aromatic heterocycles. The zero-order valence-electron chi connectivity index (χ0n) is 14.8. The van der Waals surface area contributed by atoms with E-state index >= 15 is 0 Å². The maximum absolute atomic E-state index is 12.5. The van der Waals surface area contributed by atoms with Crippen LogP contribution in [0, 0.1) is 0 Å². The van der Waals surface area contributed by atoms with Gasteiger partial charge >= 0.3 is 11.9 Å². The highest BCUT2D eigenvalue weighted by molar-refractivity contribution is 6.04. The second-order valence-corrected chi connectivity index (χ2v) is 5.93. The third kappa shape index (κ3) is 4.47. The summed E-state index contributed by atoms with van der Waals surface area (Å²) in [5, 5.41) is 1.86. The van der Waals surface area contributed by atoms with E-state index in [1.807, 2.05) is 50.2 Å². The van der Waals surface area contributed by atoms with Crippen molar-refractivity contribution in [3.8, 4) is 0 Å². The predicted octanol–water partition coefficient (Wildman–Crippen LogP) is 4.67. The Morgan fingerprint density at radius 1 is 1.08 bits per heavy atom. The van der Waals surface area contributed by atoms with E-state index in [1.54, 1.807) is 6.07 Å². The van der Waals surface area contributed by atoms with Gasteiger partial charge in [-0.2, -0.15) is 0 Å². The molecule has 0 atom stereocenters. The lowest BCUT2D eigenvalue weighted by Crippen LogP contribution is -2.35. The number of fused-ring (bicyclic) bond motifs is 1. The van der Waals surface area contributed by atoms with Gasteiger partial charge in [0.25, 0.3) is 0 Å². The molecule has 0 amide bonds. The van der Waals surface area contributed by atoms with Crippen LogP contribution in [0.2, 0.25) is 0 Å². The third-order valence-electron chi connectivity index (χ3n) is 4.57. The lowest BCUT2D eigenvalue weighted by molar-refractivity contribution is -0.156. The van der Waals surface area contributed by atoms with Crippen LogP contribution < -0.4 is 0 Å². The van der Waals surface area contributed by atoms with Crippen molar-refractivity contribution in [1.82, 2.24) is 0 Å². The van der Waals surface area contributed by atoms with Crippen LogP contribution in [0.25, 0.3) is 10.8 Å². The highest BCUT2D eigenvalue weighted by Crippen LogP contribution is 2.26. The van der Waals surface area contributed by atoms with Crippen LogP contribution in [0.5, 0.6) is 0 Å². The summed E-state index contributed by atoms with van der Waals surface area (Å²) in [6.07, 6.45) is 2.90. The Labute approximate surface area is 148 Å². The van der Waals surface area contributed by atoms with Crippen molar-refractivity contribution in [2.45, 2.75) is 38.7 Å². The largest absolute Gasteiger partial charge is 0.462 e. The van der Waals surface area contributed by atoms with Gasteiger partial charge in [0.2, 0.25) is 0 Å². The summed E-state index contributed by atoms with van der Waals surface area (Å²) in [6.45, 7) is 7.52. The standard InChI is InChI=1S/C21H24O4/c1-4-19(22)25-21(5-2,6-3)14-15-24-20(23)18-13-9-11-16-10-7-8-12-17(16)18/h4,7-13H,1,5-6,14-15H2,2-3H3. The minimum absolute atomic E-state index is 0.189. The van der Waals surface area contributed by atoms with Crippen LogP contribution in [0.15, 0.2) is 55.1 Å². The molecule has 0 fully saturated rings. The minimum Gasteiger partial charge on any atom is -0.462 e. The van der Waals surface area contributed by atoms with E-state index in [9.17, 15) is 9.59 Å². The molecule has 2 aromatic carbocycles. The minimum atomic E-state index is -0.635. The van der Waals surface area contributed by atoms with Crippen molar-refractivity contribution in [3.63, 3.8) is 0 Å². The van der Waals surface area contributed by atoms with E-state index in [4.69, 9.17) is 9.47 Å². The van der Waals surface area contributed by atoms with E-state index in [2.05, 4.69) is 6.58 Å². The van der Waals surface area contributed by atoms with E-state index in [0.717, 1.165) is 16.8 Å². The van der Waals surface area contributed by atoms with Crippen LogP contribution in [0.1, 0.15) is 43.5 Å². The average Bonchev–Trinajstić information content (AvgIpc) is 2.66. The molecule has 0 heterocycles. The number of hydrogen-bond donors (Lipinski definition) is 0. The number of hydrogen-bond acceptors (Lipinski definition) is 4. The summed E-state index contributed by atoms with van der Waals surface area (Å²) in [5.74, 6) is -0.822. The first-order valence-electron chi connectivity index (χ1n) is 8.55. The first-order valence-corrected chi connectivity index (χ1v) is 8.55. The molecule has 0 unspecified atom stereocenters. The summed E-state index contributed by atoms with van der Waals surface area (Å²) in [4.78, 5) is 24.0. The molecule has 0 radical (unpaired) electrons. The molecule has 0 aliphatic heterocycles. The molecule has 0 saturated carbocycles. The molecular formula is C21H24O4. The summed E-state index contributed by atoms with van der Waals surface area (Å²) in [7, 11) is 0. The molecule has 2 aromatic rings. The Morgan fingerprint density at radius 3 is 2.44 bits per heavy atom. The van der Waals surface area contributed by atoms with Gasteiger partial charge in [-0.3, -0.25) is 0 Å². The Hall–Kier alpha value is -2.62. The van der Waals surface area contributed by atoms with Gasteiger partial charge in [-0.05, 0) is 29.7 Å². The fourth-order valence-corrected chi connectivity index (χ4v) is 2.86. The lowest BCUT2D eigenvalue weighted by atomic mass is 9.93. The Bertz CT molecular complexity index is 754. The number of esters is 2. The normalized spacial score (nSPS) is 11.1. The Morgan fingerprint density at radius 2 is 1.76 bits per heavy atom. The highest BCUT2D eigenvalue weighted by atomic mass is 16.6. The topological polar surface area (TPSA) is 52.6 Å². The van der Waals surface area contributed by atoms with Crippen LogP contribution in [-0.2, 0) is 14.3 Å². The van der Waals surface area contributed by atoms with Gasteiger partial charge in [0.1, 0.15) is 5.60 Å². The summed E-state index contributed by atoms with van der Waals surface area (Å²) >= 11 is 0. The van der Waals surface area contributed by atoms with Crippen molar-refractivity contribution < 1.29 is 19.1 Å². The van der Waals surface area contributed by atoms with Crippen molar-refractivity contribution >= 4 is 22.7 Å². The van der Waals surface area contributed by atoms with E-state index < -0.39 is 11.6 Å². The van der Waals surface area contributed by atoms with Gasteiger partial charge in [-0.15, -0.1) is 0 Å². The average molecular weight is 340 g/mol. The van der Waals surface area contributed by atoms with Crippen molar-refractivity contribution in [2.24, 2.45) is 0 Å². The van der Waals surface area contributed by atoms with E-state index in [0.29, 0.717) is 24.8 Å². The molecule has 0 saturated heterocycles. The first-order chi connectivity index (χ1) is 12.0. The summed E-state index contributed by atoms with van der Waals surface area (Å²) in [6, 6.07) is 13.2. The molecule has 0 spiro atoms. The molecule has 132 valence electrons. The molecule has 0 bridgehead atoms. The molecule has 4 heteroatoms. The number of carbonyl (C=O) groups excluding carboxylic acids is 2. The number of ether oxygens (including phenoxy) is 2. The fraction of sp³-hybridized carbons (Fsp3) is 0.333. The Balaban J connectivity index is 2.05. The first kappa shape index (κ1) is 18.7. The van der Waals surface area contributed by atoms with Gasteiger partial charge in [0.05, 0.1) is 12.2 Å². The van der Waals surface area contributed by atoms with Gasteiger partial charge in [0, 0.05) is 12.5 Å². The molecule has 25 heavy (non-hydrogen) atoms. The van der Waals surface area contributed by atoms with E-state index in [1.165, 1.54) is 0 Å². The van der Waals surface area contributed by atoms with Crippen molar-refractivity contribution in [2.75, 3.05) is 6.61 Å². The highest BCUT2D eigenvalue weighted by Gasteiger charge is 2.30. The second-order valence-electron chi connectivity index (χ2n) is 5.93. The zero-order chi connectivity index (χ0) is 18.3. The Kier molecular flexibility index (Phi) is 6.34. The maximum Gasteiger partial charge on any atom is 0.338 e. The van der Waals surface area contributed by atoms with Crippen molar-refractivity contribution in [1.29, 1.82) is 0 Å². The van der Waals surface area contributed by atoms with Crippen LogP contribution in [0.3, 0.4) is 0 Å². The predicted molar refractivity (Wildman–Crippen MR) is 98.4 cm³/mol.